The highest BCUT2D eigenvalue weighted by Crippen LogP contribution is 2.33. The molecule has 2 aliphatic rings. The maximum atomic E-state index is 9.39. The minimum absolute atomic E-state index is 0.482. The summed E-state index contributed by atoms with van der Waals surface area (Å²) >= 11 is 17.5. The Hall–Kier alpha value is -3.74. The van der Waals surface area contributed by atoms with Crippen LogP contribution < -0.4 is 10.8 Å². The molecule has 6 rings (SSSR count). The number of halogens is 2. The van der Waals surface area contributed by atoms with E-state index in [1.54, 1.807) is 6.07 Å². The van der Waals surface area contributed by atoms with Crippen molar-refractivity contribution in [1.82, 2.24) is 5.48 Å². The molecule has 0 radical (unpaired) electrons. The van der Waals surface area contributed by atoms with Crippen molar-refractivity contribution in [2.24, 2.45) is 16.8 Å². The van der Waals surface area contributed by atoms with Crippen LogP contribution >= 0.6 is 35.4 Å². The van der Waals surface area contributed by atoms with Gasteiger partial charge in [-0.3, -0.25) is 10.7 Å². The van der Waals surface area contributed by atoms with E-state index in [1.165, 1.54) is 28.7 Å². The Kier molecular flexibility index (Phi) is 13.2. The van der Waals surface area contributed by atoms with Crippen LogP contribution in [0.4, 0.5) is 11.4 Å². The van der Waals surface area contributed by atoms with Crippen LogP contribution in [0.15, 0.2) is 126 Å². The first-order valence-corrected chi connectivity index (χ1v) is 17.4. The van der Waals surface area contributed by atoms with E-state index in [0.29, 0.717) is 22.7 Å². The molecular weight excluding hydrogens is 641 g/mol. The highest BCUT2D eigenvalue weighted by atomic mass is 35.5. The zero-order valence-corrected chi connectivity index (χ0v) is 28.7. The van der Waals surface area contributed by atoms with E-state index in [0.717, 1.165) is 66.3 Å². The van der Waals surface area contributed by atoms with Crippen molar-refractivity contribution in [3.8, 4) is 0 Å². The van der Waals surface area contributed by atoms with Gasteiger partial charge in [-0.05, 0) is 109 Å². The number of aliphatic imine (C=N–C) groups is 1. The Morgan fingerprint density at radius 2 is 1.26 bits per heavy atom. The number of hydroxylamine groups is 1. The number of allylic oxidation sites excluding steroid dienone is 4. The third-order valence-electron chi connectivity index (χ3n) is 8.59. The van der Waals surface area contributed by atoms with Gasteiger partial charge in [0.2, 0.25) is 0 Å². The van der Waals surface area contributed by atoms with Crippen molar-refractivity contribution in [3.63, 3.8) is 0 Å². The quantitative estimate of drug-likeness (QED) is 0.0749. The monoisotopic (exact) mass is 681 g/mol. The molecule has 47 heavy (non-hydrogen) atoms. The summed E-state index contributed by atoms with van der Waals surface area (Å²) < 4.78 is 0. The van der Waals surface area contributed by atoms with Crippen LogP contribution in [0.25, 0.3) is 11.1 Å². The Bertz CT molecular complexity index is 1710. The molecule has 7 heteroatoms. The number of nitrogens with zero attached hydrogens (tertiary/aromatic N) is 1. The number of amidine groups is 1. The summed E-state index contributed by atoms with van der Waals surface area (Å²) in [6.45, 7) is 0. The lowest BCUT2D eigenvalue weighted by atomic mass is 9.84. The number of hydrogen-bond acceptors (Lipinski definition) is 3. The molecule has 242 valence electrons. The SMILES string of the molecule is ONC(CC1CC=C(c2ccccc2)CC1)=Nc1cccc(Cl)c1.S=C(CC1CC=C(c2ccccc2)CC1)Nc1cccc(Cl)c1. The largest absolute Gasteiger partial charge is 0.350 e. The number of nitrogens with one attached hydrogen (secondary N) is 2. The molecule has 4 nitrogen and oxygen atoms in total. The number of rotatable bonds is 8. The molecule has 4 aromatic carbocycles. The summed E-state index contributed by atoms with van der Waals surface area (Å²) in [4.78, 5) is 5.36. The van der Waals surface area contributed by atoms with Gasteiger partial charge in [-0.2, -0.15) is 0 Å². The van der Waals surface area contributed by atoms with Gasteiger partial charge >= 0.3 is 0 Å². The molecule has 0 heterocycles. The third-order valence-corrected chi connectivity index (χ3v) is 9.33. The van der Waals surface area contributed by atoms with Gasteiger partial charge in [-0.25, -0.2) is 4.99 Å². The van der Waals surface area contributed by atoms with Gasteiger partial charge in [-0.15, -0.1) is 0 Å². The minimum Gasteiger partial charge on any atom is -0.350 e. The molecular formula is C40H41Cl2N3OS. The standard InChI is InChI=1S/C20H21ClN2O.C20H20ClNS/c21-18-7-4-8-19(14-18)22-20(23-24)13-15-9-11-17(12-10-15)16-5-2-1-3-6-16;21-18-7-4-8-19(14-18)22-20(23)13-15-9-11-17(12-10-15)16-5-2-1-3-6-16/h1-8,11,14-15,24H,9-10,12-13H2,(H,22,23);1-8,11,14-15H,9-10,12-13H2,(H,22,23). The maximum absolute atomic E-state index is 9.39. The van der Waals surface area contributed by atoms with Gasteiger partial charge < -0.3 is 5.32 Å². The molecule has 3 N–H and O–H groups in total. The van der Waals surface area contributed by atoms with Crippen molar-refractivity contribution in [3.05, 3.63) is 143 Å². The Morgan fingerprint density at radius 3 is 1.77 bits per heavy atom. The summed E-state index contributed by atoms with van der Waals surface area (Å²) in [6, 6.07) is 36.2. The van der Waals surface area contributed by atoms with Gasteiger partial charge in [0, 0.05) is 28.6 Å². The molecule has 2 unspecified atom stereocenters. The topological polar surface area (TPSA) is 56.6 Å². The normalized spacial score (nSPS) is 17.8. The molecule has 0 amide bonds. The molecule has 4 aromatic rings. The van der Waals surface area contributed by atoms with Gasteiger partial charge in [0.05, 0.1) is 10.7 Å². The van der Waals surface area contributed by atoms with Crippen molar-refractivity contribution >= 4 is 68.8 Å². The molecule has 0 bridgehead atoms. The summed E-state index contributed by atoms with van der Waals surface area (Å²) in [5.74, 6) is 1.69. The van der Waals surface area contributed by atoms with Crippen LogP contribution in [0, 0.1) is 11.8 Å². The average molecular weight is 683 g/mol. The van der Waals surface area contributed by atoms with Crippen LogP contribution in [0.3, 0.4) is 0 Å². The van der Waals surface area contributed by atoms with Gasteiger partial charge in [-0.1, -0.05) is 120 Å². The first-order chi connectivity index (χ1) is 22.9. The van der Waals surface area contributed by atoms with Crippen molar-refractivity contribution in [2.45, 2.75) is 51.4 Å². The van der Waals surface area contributed by atoms with E-state index in [2.05, 4.69) is 82.5 Å². The van der Waals surface area contributed by atoms with Crippen LogP contribution in [-0.4, -0.2) is 16.0 Å². The number of thiocarbonyl (C=S) groups is 1. The van der Waals surface area contributed by atoms with Crippen molar-refractivity contribution in [1.29, 1.82) is 0 Å². The van der Waals surface area contributed by atoms with Gasteiger partial charge in [0.25, 0.3) is 0 Å². The zero-order valence-electron chi connectivity index (χ0n) is 26.4. The second kappa shape index (κ2) is 18.0. The molecule has 2 atom stereocenters. The first kappa shape index (κ1) is 34.6. The fraction of sp³-hybridized carbons (Fsp3) is 0.250. The lowest BCUT2D eigenvalue weighted by molar-refractivity contribution is 0.229. The molecule has 0 spiro atoms. The highest BCUT2D eigenvalue weighted by Gasteiger charge is 2.18. The molecule has 0 aliphatic heterocycles. The van der Waals surface area contributed by atoms with Crippen molar-refractivity contribution < 1.29 is 5.21 Å². The Labute approximate surface area is 294 Å². The Morgan fingerprint density at radius 1 is 0.702 bits per heavy atom. The number of benzene rings is 4. The lowest BCUT2D eigenvalue weighted by Gasteiger charge is -2.23. The van der Waals surface area contributed by atoms with Crippen LogP contribution in [0.5, 0.6) is 0 Å². The summed E-state index contributed by atoms with van der Waals surface area (Å²) in [7, 11) is 0. The molecule has 0 fully saturated rings. The average Bonchev–Trinajstić information content (AvgIpc) is 3.10. The Balaban J connectivity index is 0.000000185. The van der Waals surface area contributed by atoms with E-state index in [4.69, 9.17) is 35.4 Å². The van der Waals surface area contributed by atoms with E-state index in [1.807, 2.05) is 48.5 Å². The second-order valence-corrected chi connectivity index (χ2v) is 13.5. The molecule has 0 saturated carbocycles. The summed E-state index contributed by atoms with van der Waals surface area (Å²) in [5.41, 5.74) is 9.51. The summed E-state index contributed by atoms with van der Waals surface area (Å²) in [6.07, 6.45) is 12.9. The van der Waals surface area contributed by atoms with E-state index >= 15 is 0 Å². The van der Waals surface area contributed by atoms with Crippen LogP contribution in [-0.2, 0) is 0 Å². The predicted molar refractivity (Wildman–Crippen MR) is 204 cm³/mol. The fourth-order valence-electron chi connectivity index (χ4n) is 6.11. The van der Waals surface area contributed by atoms with Gasteiger partial charge in [0.1, 0.15) is 5.84 Å². The lowest BCUT2D eigenvalue weighted by Crippen LogP contribution is -2.23. The zero-order chi connectivity index (χ0) is 32.8. The van der Waals surface area contributed by atoms with Crippen LogP contribution in [0.1, 0.15) is 62.5 Å². The van der Waals surface area contributed by atoms with E-state index in [-0.39, 0.29) is 0 Å². The predicted octanol–water partition coefficient (Wildman–Crippen LogP) is 12.0. The van der Waals surface area contributed by atoms with Crippen molar-refractivity contribution in [2.75, 3.05) is 5.32 Å². The second-order valence-electron chi connectivity index (χ2n) is 12.1. The fourth-order valence-corrected chi connectivity index (χ4v) is 6.84. The van der Waals surface area contributed by atoms with E-state index < -0.39 is 0 Å². The maximum Gasteiger partial charge on any atom is 0.126 e. The number of hydrogen-bond donors (Lipinski definition) is 3. The highest BCUT2D eigenvalue weighted by molar-refractivity contribution is 7.80. The third kappa shape index (κ3) is 11.2. The van der Waals surface area contributed by atoms with Crippen LogP contribution in [0.2, 0.25) is 10.0 Å². The molecule has 2 aliphatic carbocycles. The van der Waals surface area contributed by atoms with E-state index in [9.17, 15) is 5.21 Å². The molecule has 0 aromatic heterocycles. The number of anilines is 1. The molecule has 0 saturated heterocycles. The minimum atomic E-state index is 0.482. The summed E-state index contributed by atoms with van der Waals surface area (Å²) in [5, 5.41) is 14.1. The van der Waals surface area contributed by atoms with Gasteiger partial charge in [0.15, 0.2) is 0 Å². The first-order valence-electron chi connectivity index (χ1n) is 16.2. The smallest absolute Gasteiger partial charge is 0.126 e.